The van der Waals surface area contributed by atoms with Crippen LogP contribution in [0, 0.1) is 0 Å². The zero-order valence-electron chi connectivity index (χ0n) is 21.4. The van der Waals surface area contributed by atoms with E-state index in [9.17, 15) is 19.2 Å². The van der Waals surface area contributed by atoms with Crippen LogP contribution in [0.1, 0.15) is 75.6 Å². The van der Waals surface area contributed by atoms with Crippen molar-refractivity contribution in [1.82, 2.24) is 10.2 Å². The molecule has 4 rings (SSSR count). The third-order valence-corrected chi connectivity index (χ3v) is 5.86. The zero-order chi connectivity index (χ0) is 27.0. The van der Waals surface area contributed by atoms with Crippen LogP contribution in [0.2, 0.25) is 0 Å². The van der Waals surface area contributed by atoms with Crippen molar-refractivity contribution in [1.29, 1.82) is 0 Å². The molecular weight excluding hydrogens is 496 g/mol. The maximum atomic E-state index is 12.0. The summed E-state index contributed by atoms with van der Waals surface area (Å²) in [5, 5.41) is 2.49. The van der Waals surface area contributed by atoms with Gasteiger partial charge in [0.1, 0.15) is 19.3 Å². The molecule has 0 spiro atoms. The van der Waals surface area contributed by atoms with Crippen molar-refractivity contribution in [3.8, 4) is 0 Å². The fourth-order valence-corrected chi connectivity index (χ4v) is 3.77. The second-order valence-electron chi connectivity index (χ2n) is 8.54. The van der Waals surface area contributed by atoms with Gasteiger partial charge in [-0.25, -0.2) is 14.5 Å². The van der Waals surface area contributed by atoms with E-state index in [0.29, 0.717) is 19.4 Å². The number of nitrogens with one attached hydrogen (secondary N) is 1. The van der Waals surface area contributed by atoms with Gasteiger partial charge in [-0.3, -0.25) is 9.59 Å². The second-order valence-corrected chi connectivity index (χ2v) is 8.96. The molecule has 2 aromatic rings. The standard InChI is InChI=1S/C14H17NO3.C9H9NO2.C5H9ClO/c1-2-3-9-13(16)15-12(10-18-14(15)17)11-7-5-4-6-8-11;11-9-10-8(6-12-9)7-4-2-1-3-5-7;1-2-3-4-5(6)7/h4-8,12H,2-3,9-10H2,1H3;1-5,8H,6H2,(H,10,11);2-4H2,1H3/t12-;8-;/m11./s1. The van der Waals surface area contributed by atoms with E-state index in [0.717, 1.165) is 36.8 Å². The number of carbonyl (C=O) groups is 4. The minimum atomic E-state index is -0.523. The predicted molar refractivity (Wildman–Crippen MR) is 141 cm³/mol. The number of unbranched alkanes of at least 4 members (excludes halogenated alkanes) is 2. The maximum absolute atomic E-state index is 12.0. The van der Waals surface area contributed by atoms with Gasteiger partial charge in [-0.1, -0.05) is 87.4 Å². The molecule has 0 aromatic heterocycles. The van der Waals surface area contributed by atoms with E-state index in [2.05, 4.69) is 5.32 Å². The number of cyclic esters (lactones) is 2. The average molecular weight is 531 g/mol. The van der Waals surface area contributed by atoms with Gasteiger partial charge in [-0.15, -0.1) is 0 Å². The molecule has 37 heavy (non-hydrogen) atoms. The second kappa shape index (κ2) is 16.4. The molecule has 2 fully saturated rings. The molecule has 0 unspecified atom stereocenters. The lowest BCUT2D eigenvalue weighted by Gasteiger charge is -2.19. The fourth-order valence-electron chi connectivity index (χ4n) is 3.63. The molecule has 200 valence electrons. The molecular formula is C28H35ClN2O6. The Morgan fingerprint density at radius 3 is 1.92 bits per heavy atom. The average Bonchev–Trinajstić information content (AvgIpc) is 3.53. The summed E-state index contributed by atoms with van der Waals surface area (Å²) in [6.45, 7) is 4.73. The van der Waals surface area contributed by atoms with E-state index < -0.39 is 6.09 Å². The Balaban J connectivity index is 0.000000218. The summed E-state index contributed by atoms with van der Waals surface area (Å²) < 4.78 is 9.77. The monoisotopic (exact) mass is 530 g/mol. The largest absolute Gasteiger partial charge is 0.447 e. The van der Waals surface area contributed by atoms with E-state index in [1.165, 1.54) is 4.90 Å². The number of hydrogen-bond acceptors (Lipinski definition) is 6. The van der Waals surface area contributed by atoms with Crippen molar-refractivity contribution in [2.75, 3.05) is 13.2 Å². The molecule has 1 N–H and O–H groups in total. The highest BCUT2D eigenvalue weighted by molar-refractivity contribution is 6.63. The Morgan fingerprint density at radius 2 is 1.43 bits per heavy atom. The first-order valence-electron chi connectivity index (χ1n) is 12.6. The van der Waals surface area contributed by atoms with Gasteiger partial charge in [0.2, 0.25) is 11.1 Å². The van der Waals surface area contributed by atoms with Crippen molar-refractivity contribution in [2.24, 2.45) is 0 Å². The summed E-state index contributed by atoms with van der Waals surface area (Å²) >= 11 is 5.02. The van der Waals surface area contributed by atoms with Crippen LogP contribution >= 0.6 is 11.6 Å². The van der Waals surface area contributed by atoms with Crippen molar-refractivity contribution >= 4 is 34.9 Å². The number of imide groups is 1. The lowest BCUT2D eigenvalue weighted by atomic mass is 10.1. The number of halogens is 1. The number of amides is 3. The lowest BCUT2D eigenvalue weighted by Crippen LogP contribution is -2.33. The Hall–Kier alpha value is -3.39. The molecule has 9 heteroatoms. The lowest BCUT2D eigenvalue weighted by molar-refractivity contribution is -0.129. The Labute approximate surface area is 223 Å². The molecule has 0 bridgehead atoms. The minimum absolute atomic E-state index is 0.0266. The number of alkyl carbamates (subject to hydrolysis) is 1. The summed E-state index contributed by atoms with van der Waals surface area (Å²) in [7, 11) is 0. The summed E-state index contributed by atoms with van der Waals surface area (Å²) in [6, 6.07) is 19.0. The van der Waals surface area contributed by atoms with Gasteiger partial charge in [0, 0.05) is 12.8 Å². The van der Waals surface area contributed by atoms with E-state index in [1.54, 1.807) is 0 Å². The highest BCUT2D eigenvalue weighted by Crippen LogP contribution is 2.28. The van der Waals surface area contributed by atoms with Gasteiger partial charge in [-0.2, -0.15) is 0 Å². The molecule has 2 aliphatic heterocycles. The van der Waals surface area contributed by atoms with Crippen molar-refractivity contribution in [3.63, 3.8) is 0 Å². The van der Waals surface area contributed by atoms with Crippen LogP contribution in [0.3, 0.4) is 0 Å². The number of rotatable bonds is 8. The van der Waals surface area contributed by atoms with Crippen LogP contribution in [-0.4, -0.2) is 41.4 Å². The molecule has 8 nitrogen and oxygen atoms in total. The van der Waals surface area contributed by atoms with Gasteiger partial charge in [0.05, 0.1) is 6.04 Å². The molecule has 2 aliphatic rings. The SMILES string of the molecule is CCCCC(=O)Cl.CCCCC(=O)N1C(=O)OC[C@@H]1c1ccccc1.O=C1N[C@@H](c2ccccc2)CO1. The first kappa shape index (κ1) is 29.8. The number of benzene rings is 2. The van der Waals surface area contributed by atoms with Gasteiger partial charge >= 0.3 is 12.2 Å². The van der Waals surface area contributed by atoms with E-state index >= 15 is 0 Å². The Kier molecular flexibility index (Phi) is 13.2. The van der Waals surface area contributed by atoms with Crippen LogP contribution in [0.25, 0.3) is 0 Å². The summed E-state index contributed by atoms with van der Waals surface area (Å²) in [4.78, 5) is 45.6. The molecule has 2 heterocycles. The highest BCUT2D eigenvalue weighted by Gasteiger charge is 2.38. The van der Waals surface area contributed by atoms with Gasteiger partial charge in [0.25, 0.3) is 0 Å². The number of nitrogens with zero attached hydrogens (tertiary/aromatic N) is 1. The van der Waals surface area contributed by atoms with Crippen LogP contribution < -0.4 is 5.32 Å². The topological polar surface area (TPSA) is 102 Å². The molecule has 0 aliphatic carbocycles. The molecule has 0 radical (unpaired) electrons. The van der Waals surface area contributed by atoms with Crippen LogP contribution in [0.15, 0.2) is 60.7 Å². The third-order valence-electron chi connectivity index (χ3n) is 5.67. The molecule has 0 saturated carbocycles. The molecule has 2 saturated heterocycles. The Bertz CT molecular complexity index is 1000. The Morgan fingerprint density at radius 1 is 0.865 bits per heavy atom. The van der Waals surface area contributed by atoms with Gasteiger partial charge in [-0.05, 0) is 35.6 Å². The first-order chi connectivity index (χ1) is 17.9. The van der Waals surface area contributed by atoms with E-state index in [1.807, 2.05) is 74.5 Å². The van der Waals surface area contributed by atoms with Gasteiger partial charge < -0.3 is 14.8 Å². The summed E-state index contributed by atoms with van der Waals surface area (Å²) in [5.74, 6) is -0.145. The first-order valence-corrected chi connectivity index (χ1v) is 12.9. The zero-order valence-corrected chi connectivity index (χ0v) is 22.1. The van der Waals surface area contributed by atoms with Gasteiger partial charge in [0.15, 0.2) is 0 Å². The summed E-state index contributed by atoms with van der Waals surface area (Å²) in [6.07, 6.45) is 3.76. The fraction of sp³-hybridized carbons (Fsp3) is 0.429. The predicted octanol–water partition coefficient (Wildman–Crippen LogP) is 6.31. The summed E-state index contributed by atoms with van der Waals surface area (Å²) in [5.41, 5.74) is 2.02. The normalized spacial score (nSPS) is 17.9. The van der Waals surface area contributed by atoms with Crippen molar-refractivity contribution in [3.05, 3.63) is 71.8 Å². The highest BCUT2D eigenvalue weighted by atomic mass is 35.5. The smallest absolute Gasteiger partial charge is 0.417 e. The van der Waals surface area contributed by atoms with Crippen molar-refractivity contribution in [2.45, 2.75) is 64.5 Å². The number of carbonyl (C=O) groups excluding carboxylic acids is 4. The minimum Gasteiger partial charge on any atom is -0.447 e. The number of hydrogen-bond donors (Lipinski definition) is 1. The third kappa shape index (κ3) is 10.2. The molecule has 2 aromatic carbocycles. The van der Waals surface area contributed by atoms with Crippen molar-refractivity contribution < 1.29 is 28.7 Å². The van der Waals surface area contributed by atoms with Crippen LogP contribution in [0.5, 0.6) is 0 Å². The quantitative estimate of drug-likeness (QED) is 0.401. The molecule has 2 atom stereocenters. The van der Waals surface area contributed by atoms with Crippen LogP contribution in [0.4, 0.5) is 9.59 Å². The molecule has 3 amide bonds. The van der Waals surface area contributed by atoms with E-state index in [-0.39, 0.29) is 35.9 Å². The van der Waals surface area contributed by atoms with E-state index in [4.69, 9.17) is 21.1 Å². The maximum Gasteiger partial charge on any atom is 0.417 e. The number of ether oxygens (including phenoxy) is 2. The van der Waals surface area contributed by atoms with Crippen LogP contribution in [-0.2, 0) is 19.1 Å².